The number of hydrogen-bond donors (Lipinski definition) is 3. The van der Waals surface area contributed by atoms with Crippen LogP contribution in [0.5, 0.6) is 0 Å². The van der Waals surface area contributed by atoms with E-state index in [1.165, 1.54) is 6.42 Å². The van der Waals surface area contributed by atoms with Gasteiger partial charge in [-0.2, -0.15) is 0 Å². The number of aliphatic carboxylic acids is 1. The molecule has 1 aromatic rings. The van der Waals surface area contributed by atoms with Crippen molar-refractivity contribution >= 4 is 23.5 Å². The summed E-state index contributed by atoms with van der Waals surface area (Å²) in [5, 5.41) is 14.6. The second-order valence-corrected chi connectivity index (χ2v) is 7.08. The predicted molar refractivity (Wildman–Crippen MR) is 93.3 cm³/mol. The van der Waals surface area contributed by atoms with Crippen LogP contribution >= 0.6 is 0 Å². The van der Waals surface area contributed by atoms with E-state index < -0.39 is 5.97 Å². The molecule has 6 heteroatoms. The molecule has 0 saturated heterocycles. The number of nitrogens with one attached hydrogen (secondary N) is 2. The highest BCUT2D eigenvalue weighted by atomic mass is 16.4. The lowest BCUT2D eigenvalue weighted by molar-refractivity contribution is -0.145. The fourth-order valence-electron chi connectivity index (χ4n) is 3.55. The molecule has 0 aliphatic heterocycles. The summed E-state index contributed by atoms with van der Waals surface area (Å²) in [5.41, 5.74) is 1.10. The largest absolute Gasteiger partial charge is 0.481 e. The molecule has 0 spiro atoms. The Hall–Kier alpha value is -2.37. The number of rotatable bonds is 5. The van der Waals surface area contributed by atoms with Crippen LogP contribution in [0.4, 0.5) is 5.69 Å². The summed E-state index contributed by atoms with van der Waals surface area (Å²) in [6.45, 7) is 0. The SMILES string of the molecule is O=C(NC1CC(C(=O)O)C1)c1cccc(NC(=O)C2CCCCC2)c1. The normalized spacial score (nSPS) is 23.4. The summed E-state index contributed by atoms with van der Waals surface area (Å²) < 4.78 is 0. The molecule has 0 bridgehead atoms. The average Bonchev–Trinajstić information content (AvgIpc) is 2.58. The minimum atomic E-state index is -0.807. The highest BCUT2D eigenvalue weighted by molar-refractivity contribution is 5.98. The second kappa shape index (κ2) is 7.68. The van der Waals surface area contributed by atoms with Crippen LogP contribution in [0.25, 0.3) is 0 Å². The van der Waals surface area contributed by atoms with E-state index in [1.54, 1.807) is 24.3 Å². The zero-order valence-corrected chi connectivity index (χ0v) is 14.2. The van der Waals surface area contributed by atoms with E-state index in [0.29, 0.717) is 24.1 Å². The van der Waals surface area contributed by atoms with Crippen LogP contribution in [0.15, 0.2) is 24.3 Å². The Bertz CT molecular complexity index is 661. The minimum Gasteiger partial charge on any atom is -0.481 e. The Morgan fingerprint density at radius 2 is 1.72 bits per heavy atom. The van der Waals surface area contributed by atoms with E-state index in [4.69, 9.17) is 5.11 Å². The molecule has 2 amide bonds. The van der Waals surface area contributed by atoms with Gasteiger partial charge in [0.2, 0.25) is 5.91 Å². The Morgan fingerprint density at radius 3 is 2.40 bits per heavy atom. The first kappa shape index (κ1) is 17.5. The van der Waals surface area contributed by atoms with Crippen LogP contribution in [0.3, 0.4) is 0 Å². The van der Waals surface area contributed by atoms with Crippen LogP contribution < -0.4 is 10.6 Å². The van der Waals surface area contributed by atoms with Gasteiger partial charge in [0.25, 0.3) is 5.91 Å². The molecule has 0 aromatic heterocycles. The minimum absolute atomic E-state index is 0.0283. The van der Waals surface area contributed by atoms with Gasteiger partial charge in [0.05, 0.1) is 5.92 Å². The molecule has 2 aliphatic carbocycles. The van der Waals surface area contributed by atoms with Crippen molar-refractivity contribution in [2.45, 2.75) is 51.0 Å². The van der Waals surface area contributed by atoms with Gasteiger partial charge in [-0.05, 0) is 43.9 Å². The standard InChI is InChI=1S/C19H24N2O4/c22-17(12-5-2-1-3-6-12)20-15-8-4-7-13(9-15)18(23)21-16-10-14(11-16)19(24)25/h4,7-9,12,14,16H,1-3,5-6,10-11H2,(H,20,22)(H,21,23)(H,24,25). The predicted octanol–water partition coefficient (Wildman–Crippen LogP) is 2.80. The number of amides is 2. The van der Waals surface area contributed by atoms with Gasteiger partial charge in [0, 0.05) is 23.2 Å². The summed E-state index contributed by atoms with van der Waals surface area (Å²) in [7, 11) is 0. The maximum atomic E-state index is 12.3. The summed E-state index contributed by atoms with van der Waals surface area (Å²) in [5.74, 6) is -1.30. The van der Waals surface area contributed by atoms with Crippen molar-refractivity contribution in [3.05, 3.63) is 29.8 Å². The third kappa shape index (κ3) is 4.38. The summed E-state index contributed by atoms with van der Waals surface area (Å²) in [4.78, 5) is 35.4. The molecule has 3 N–H and O–H groups in total. The van der Waals surface area contributed by atoms with Crippen LogP contribution in [-0.4, -0.2) is 28.9 Å². The molecule has 0 radical (unpaired) electrons. The van der Waals surface area contributed by atoms with Crippen molar-refractivity contribution in [3.8, 4) is 0 Å². The number of carbonyl (C=O) groups is 3. The molecule has 134 valence electrons. The van der Waals surface area contributed by atoms with Gasteiger partial charge in [0.15, 0.2) is 0 Å². The average molecular weight is 344 g/mol. The zero-order valence-electron chi connectivity index (χ0n) is 14.2. The van der Waals surface area contributed by atoms with Gasteiger partial charge in [-0.3, -0.25) is 14.4 Å². The summed E-state index contributed by atoms with van der Waals surface area (Å²) >= 11 is 0. The number of carboxylic acids is 1. The molecule has 0 atom stereocenters. The summed E-state index contributed by atoms with van der Waals surface area (Å²) in [6.07, 6.45) is 6.19. The van der Waals surface area contributed by atoms with E-state index in [9.17, 15) is 14.4 Å². The number of hydrogen-bond acceptors (Lipinski definition) is 3. The second-order valence-electron chi connectivity index (χ2n) is 7.08. The number of carboxylic acid groups (broad SMARTS) is 1. The molecule has 3 rings (SSSR count). The number of anilines is 1. The van der Waals surface area contributed by atoms with Crippen molar-refractivity contribution in [2.24, 2.45) is 11.8 Å². The van der Waals surface area contributed by atoms with Gasteiger partial charge in [-0.15, -0.1) is 0 Å². The van der Waals surface area contributed by atoms with Crippen molar-refractivity contribution in [1.82, 2.24) is 5.32 Å². The maximum Gasteiger partial charge on any atom is 0.306 e. The molecule has 25 heavy (non-hydrogen) atoms. The Kier molecular flexibility index (Phi) is 5.36. The van der Waals surface area contributed by atoms with Crippen molar-refractivity contribution in [1.29, 1.82) is 0 Å². The van der Waals surface area contributed by atoms with Gasteiger partial charge < -0.3 is 15.7 Å². The molecule has 1 aromatic carbocycles. The lowest BCUT2D eigenvalue weighted by Gasteiger charge is -2.32. The third-order valence-electron chi connectivity index (χ3n) is 5.19. The fourth-order valence-corrected chi connectivity index (χ4v) is 3.55. The maximum absolute atomic E-state index is 12.3. The molecular formula is C19H24N2O4. The molecule has 2 saturated carbocycles. The molecule has 6 nitrogen and oxygen atoms in total. The first-order chi connectivity index (χ1) is 12.0. The van der Waals surface area contributed by atoms with Gasteiger partial charge in [0.1, 0.15) is 0 Å². The van der Waals surface area contributed by atoms with Crippen LogP contribution in [0.2, 0.25) is 0 Å². The smallest absolute Gasteiger partial charge is 0.306 e. The van der Waals surface area contributed by atoms with Crippen molar-refractivity contribution < 1.29 is 19.5 Å². The van der Waals surface area contributed by atoms with Gasteiger partial charge >= 0.3 is 5.97 Å². The fraction of sp³-hybridized carbons (Fsp3) is 0.526. The molecule has 0 heterocycles. The van der Waals surface area contributed by atoms with Crippen LogP contribution in [0, 0.1) is 11.8 Å². The lowest BCUT2D eigenvalue weighted by Crippen LogP contribution is -2.46. The van der Waals surface area contributed by atoms with Crippen LogP contribution in [0.1, 0.15) is 55.3 Å². The van der Waals surface area contributed by atoms with Gasteiger partial charge in [-0.1, -0.05) is 25.3 Å². The molecule has 0 unspecified atom stereocenters. The highest BCUT2D eigenvalue weighted by Crippen LogP contribution is 2.28. The van der Waals surface area contributed by atoms with E-state index >= 15 is 0 Å². The number of carbonyl (C=O) groups excluding carboxylic acids is 2. The Morgan fingerprint density at radius 1 is 1.00 bits per heavy atom. The molecule has 2 aliphatic rings. The monoisotopic (exact) mass is 344 g/mol. The van der Waals surface area contributed by atoms with E-state index in [1.807, 2.05) is 0 Å². The van der Waals surface area contributed by atoms with Crippen molar-refractivity contribution in [3.63, 3.8) is 0 Å². The van der Waals surface area contributed by atoms with Gasteiger partial charge in [-0.25, -0.2) is 0 Å². The first-order valence-electron chi connectivity index (χ1n) is 8.97. The number of benzene rings is 1. The zero-order chi connectivity index (χ0) is 17.8. The van der Waals surface area contributed by atoms with Crippen LogP contribution in [-0.2, 0) is 9.59 Å². The molecular weight excluding hydrogens is 320 g/mol. The van der Waals surface area contributed by atoms with E-state index in [0.717, 1.165) is 25.7 Å². The Balaban J connectivity index is 1.54. The lowest BCUT2D eigenvalue weighted by atomic mass is 9.80. The quantitative estimate of drug-likeness (QED) is 0.765. The van der Waals surface area contributed by atoms with Crippen molar-refractivity contribution in [2.75, 3.05) is 5.32 Å². The first-order valence-corrected chi connectivity index (χ1v) is 8.97. The van der Waals surface area contributed by atoms with E-state index in [-0.39, 0.29) is 29.7 Å². The van der Waals surface area contributed by atoms with E-state index in [2.05, 4.69) is 10.6 Å². The topological polar surface area (TPSA) is 95.5 Å². The molecule has 2 fully saturated rings. The Labute approximate surface area is 147 Å². The highest BCUT2D eigenvalue weighted by Gasteiger charge is 2.35. The summed E-state index contributed by atoms with van der Waals surface area (Å²) in [6, 6.07) is 6.80. The third-order valence-corrected chi connectivity index (χ3v) is 5.19.